The number of benzene rings is 1. The SMILES string of the molecule is CC.Nc1cccc2c1CCO2.[HH]. The summed E-state index contributed by atoms with van der Waals surface area (Å²) in [5.41, 5.74) is 7.72. The van der Waals surface area contributed by atoms with E-state index in [2.05, 4.69) is 0 Å². The molecule has 2 rings (SSSR count). The Morgan fingerprint density at radius 1 is 1.42 bits per heavy atom. The third-order valence-corrected chi connectivity index (χ3v) is 1.78. The highest BCUT2D eigenvalue weighted by molar-refractivity contribution is 5.55. The number of hydrogen-bond donors (Lipinski definition) is 1. The van der Waals surface area contributed by atoms with E-state index in [1.165, 1.54) is 5.56 Å². The topological polar surface area (TPSA) is 35.2 Å². The fourth-order valence-corrected chi connectivity index (χ4v) is 1.25. The number of nitrogen functional groups attached to an aromatic ring is 1. The van der Waals surface area contributed by atoms with E-state index >= 15 is 0 Å². The van der Waals surface area contributed by atoms with E-state index in [9.17, 15) is 0 Å². The van der Waals surface area contributed by atoms with Gasteiger partial charge in [-0.05, 0) is 12.1 Å². The smallest absolute Gasteiger partial charge is 0.124 e. The van der Waals surface area contributed by atoms with Gasteiger partial charge in [-0.1, -0.05) is 19.9 Å². The maximum Gasteiger partial charge on any atom is 0.124 e. The van der Waals surface area contributed by atoms with Crippen molar-refractivity contribution in [3.63, 3.8) is 0 Å². The zero-order valence-electron chi connectivity index (χ0n) is 7.63. The lowest BCUT2D eigenvalue weighted by atomic mass is 10.1. The van der Waals surface area contributed by atoms with Gasteiger partial charge in [0.1, 0.15) is 5.75 Å². The highest BCUT2D eigenvalue weighted by atomic mass is 16.5. The van der Waals surface area contributed by atoms with Crippen molar-refractivity contribution < 1.29 is 6.16 Å². The van der Waals surface area contributed by atoms with Gasteiger partial charge in [0.25, 0.3) is 0 Å². The standard InChI is InChI=1S/C8H9NO.C2H6.H2/c9-7-2-1-3-8-6(7)4-5-10-8;1-2;/h1-3H,4-5,9H2;1-2H3;1H. The predicted octanol–water partition coefficient (Wildman–Crippen LogP) is 2.48. The van der Waals surface area contributed by atoms with Crippen molar-refractivity contribution in [1.82, 2.24) is 0 Å². The molecule has 0 atom stereocenters. The van der Waals surface area contributed by atoms with Crippen molar-refractivity contribution in [3.8, 4) is 5.75 Å². The maximum absolute atomic E-state index is 5.69. The number of nitrogens with two attached hydrogens (primary N) is 1. The third kappa shape index (κ3) is 1.52. The van der Waals surface area contributed by atoms with Gasteiger partial charge in [-0.25, -0.2) is 0 Å². The van der Waals surface area contributed by atoms with Crippen LogP contribution in [0, 0.1) is 0 Å². The first-order valence-corrected chi connectivity index (χ1v) is 4.38. The Morgan fingerprint density at radius 3 is 2.83 bits per heavy atom. The first-order chi connectivity index (χ1) is 5.88. The van der Waals surface area contributed by atoms with Crippen LogP contribution in [0.5, 0.6) is 5.75 Å². The van der Waals surface area contributed by atoms with Gasteiger partial charge in [0.15, 0.2) is 0 Å². The highest BCUT2D eigenvalue weighted by Gasteiger charge is 2.12. The van der Waals surface area contributed by atoms with Crippen molar-refractivity contribution in [2.24, 2.45) is 0 Å². The Morgan fingerprint density at radius 2 is 2.17 bits per heavy atom. The summed E-state index contributed by atoms with van der Waals surface area (Å²) in [7, 11) is 0. The molecule has 0 aliphatic carbocycles. The molecule has 0 radical (unpaired) electrons. The molecule has 12 heavy (non-hydrogen) atoms. The average molecular weight is 167 g/mol. The Balaban J connectivity index is 0.000000451. The summed E-state index contributed by atoms with van der Waals surface area (Å²) < 4.78 is 5.30. The lowest BCUT2D eigenvalue weighted by Gasteiger charge is -1.99. The zero-order valence-corrected chi connectivity index (χ0v) is 7.63. The summed E-state index contributed by atoms with van der Waals surface area (Å²) in [5, 5.41) is 0. The number of fused-ring (bicyclic) bond motifs is 1. The van der Waals surface area contributed by atoms with Gasteiger partial charge in [0, 0.05) is 19.1 Å². The molecule has 0 aromatic heterocycles. The summed E-state index contributed by atoms with van der Waals surface area (Å²) in [6.45, 7) is 4.78. The van der Waals surface area contributed by atoms with Crippen LogP contribution >= 0.6 is 0 Å². The minimum atomic E-state index is 0. The van der Waals surface area contributed by atoms with E-state index in [4.69, 9.17) is 10.5 Å². The lowest BCUT2D eigenvalue weighted by Crippen LogP contribution is -1.89. The second-order valence-electron chi connectivity index (χ2n) is 2.42. The van der Waals surface area contributed by atoms with Crippen molar-refractivity contribution in [2.75, 3.05) is 12.3 Å². The molecule has 0 fully saturated rings. The first-order valence-electron chi connectivity index (χ1n) is 4.38. The van der Waals surface area contributed by atoms with Crippen molar-refractivity contribution in [1.29, 1.82) is 0 Å². The number of ether oxygens (including phenoxy) is 1. The van der Waals surface area contributed by atoms with Crippen LogP contribution in [0.15, 0.2) is 18.2 Å². The molecule has 0 spiro atoms. The van der Waals surface area contributed by atoms with E-state index in [-0.39, 0.29) is 1.43 Å². The Labute approximate surface area is 74.8 Å². The molecule has 0 amide bonds. The predicted molar refractivity (Wildman–Crippen MR) is 53.5 cm³/mol. The number of anilines is 1. The molecule has 2 nitrogen and oxygen atoms in total. The largest absolute Gasteiger partial charge is 0.493 e. The summed E-state index contributed by atoms with van der Waals surface area (Å²) in [6, 6.07) is 5.78. The second-order valence-corrected chi connectivity index (χ2v) is 2.42. The van der Waals surface area contributed by atoms with Crippen LogP contribution in [0.25, 0.3) is 0 Å². The van der Waals surface area contributed by atoms with Gasteiger partial charge in [0.05, 0.1) is 6.61 Å². The van der Waals surface area contributed by atoms with Crippen LogP contribution in [0.4, 0.5) is 5.69 Å². The summed E-state index contributed by atoms with van der Waals surface area (Å²) >= 11 is 0. The second kappa shape index (κ2) is 4.00. The molecule has 0 bridgehead atoms. The lowest BCUT2D eigenvalue weighted by molar-refractivity contribution is 0.357. The summed E-state index contributed by atoms with van der Waals surface area (Å²) in [5.74, 6) is 0.958. The van der Waals surface area contributed by atoms with Crippen LogP contribution in [0.3, 0.4) is 0 Å². The van der Waals surface area contributed by atoms with E-state index in [1.807, 2.05) is 32.0 Å². The third-order valence-electron chi connectivity index (χ3n) is 1.78. The molecule has 1 heterocycles. The Hall–Kier alpha value is -1.18. The molecule has 68 valence electrons. The van der Waals surface area contributed by atoms with Gasteiger partial charge < -0.3 is 10.5 Å². The van der Waals surface area contributed by atoms with Crippen LogP contribution < -0.4 is 10.5 Å². The first kappa shape index (κ1) is 8.91. The molecule has 0 saturated carbocycles. The van der Waals surface area contributed by atoms with Gasteiger partial charge in [-0.15, -0.1) is 0 Å². The van der Waals surface area contributed by atoms with E-state index in [0.29, 0.717) is 0 Å². The number of rotatable bonds is 0. The molecule has 1 aromatic rings. The molecule has 0 unspecified atom stereocenters. The van der Waals surface area contributed by atoms with Crippen molar-refractivity contribution in [2.45, 2.75) is 20.3 Å². The molecule has 1 aliphatic rings. The average Bonchev–Trinajstić information content (AvgIpc) is 2.57. The highest BCUT2D eigenvalue weighted by Crippen LogP contribution is 2.29. The molecule has 2 N–H and O–H groups in total. The van der Waals surface area contributed by atoms with Crippen molar-refractivity contribution >= 4 is 5.69 Å². The van der Waals surface area contributed by atoms with Crippen LogP contribution in [-0.2, 0) is 6.42 Å². The van der Waals surface area contributed by atoms with E-state index in [1.54, 1.807) is 0 Å². The van der Waals surface area contributed by atoms with E-state index < -0.39 is 0 Å². The molecule has 0 saturated heterocycles. The monoisotopic (exact) mass is 167 g/mol. The van der Waals surface area contributed by atoms with Gasteiger partial charge in [0.2, 0.25) is 0 Å². The summed E-state index contributed by atoms with van der Waals surface area (Å²) in [6.07, 6.45) is 0.960. The Kier molecular flexibility index (Phi) is 2.97. The zero-order chi connectivity index (χ0) is 8.97. The number of hydrogen-bond acceptors (Lipinski definition) is 2. The van der Waals surface area contributed by atoms with Crippen LogP contribution in [0.2, 0.25) is 0 Å². The molecular formula is C10H17NO. The maximum atomic E-state index is 5.69. The minimum absolute atomic E-state index is 0. The van der Waals surface area contributed by atoms with Crippen molar-refractivity contribution in [3.05, 3.63) is 23.8 Å². The van der Waals surface area contributed by atoms with Gasteiger partial charge in [-0.2, -0.15) is 0 Å². The Bertz CT molecular complexity index is 263. The fourth-order valence-electron chi connectivity index (χ4n) is 1.25. The molecule has 1 aliphatic heterocycles. The fraction of sp³-hybridized carbons (Fsp3) is 0.400. The van der Waals surface area contributed by atoms with E-state index in [0.717, 1.165) is 24.5 Å². The van der Waals surface area contributed by atoms with Crippen LogP contribution in [0.1, 0.15) is 20.8 Å². The quantitative estimate of drug-likeness (QED) is 0.602. The normalized spacial score (nSPS) is 12.5. The molecular weight excluding hydrogens is 150 g/mol. The molecule has 2 heteroatoms. The van der Waals surface area contributed by atoms with Gasteiger partial charge >= 0.3 is 0 Å². The van der Waals surface area contributed by atoms with Crippen LogP contribution in [-0.4, -0.2) is 6.61 Å². The van der Waals surface area contributed by atoms with Gasteiger partial charge in [-0.3, -0.25) is 0 Å². The molecule has 1 aromatic carbocycles. The minimum Gasteiger partial charge on any atom is -0.493 e. The summed E-state index contributed by atoms with van der Waals surface area (Å²) in [4.78, 5) is 0.